The van der Waals surface area contributed by atoms with Crippen molar-refractivity contribution < 1.29 is 80.2 Å². The molecule has 0 aliphatic rings. The Morgan fingerprint density at radius 2 is 0.469 bits per heavy atom. The number of phosphoric ester groups is 2. The van der Waals surface area contributed by atoms with E-state index >= 15 is 0 Å². The Labute approximate surface area is 599 Å². The minimum atomic E-state index is -4.96. The molecule has 0 aromatic carbocycles. The molecule has 0 radical (unpaired) electrons. The van der Waals surface area contributed by atoms with Crippen molar-refractivity contribution in [3.63, 3.8) is 0 Å². The molecule has 578 valence electrons. The number of phosphoric acid groups is 2. The zero-order valence-corrected chi connectivity index (χ0v) is 65.0. The molecule has 19 heteroatoms. The van der Waals surface area contributed by atoms with E-state index in [9.17, 15) is 43.2 Å². The summed E-state index contributed by atoms with van der Waals surface area (Å²) >= 11 is 0. The Kier molecular flexibility index (Phi) is 71.0. The molecule has 0 rings (SSSR count). The van der Waals surface area contributed by atoms with Crippen molar-refractivity contribution >= 4 is 39.5 Å². The standard InChI is InChI=1S/C79H150O17P2/c1-5-9-13-17-21-25-29-33-36-40-43-47-51-55-59-63-76(81)89-69-74(95-78(83)65-61-57-53-49-45-39-32-28-24-20-16-12-8-4)71-93-97(85,86)91-67-73(80)68-92-98(87,88)94-72-75(96-79(84)66-62-58-54-50-46-42-38-35-31-27-23-19-15-11-7-3)70-90-77(82)64-60-56-52-48-44-41-37-34-30-26-22-18-14-10-6-2/h25,28-29,32,73-75,80H,5-24,26-27,30-31,33-72H2,1-4H3,(H,85,86)(H,87,88)/b29-25-,32-28-/t73-,74-,75-/m1/s1. The first kappa shape index (κ1) is 95.5. The number of hydrogen-bond acceptors (Lipinski definition) is 15. The second-order valence-corrected chi connectivity index (χ2v) is 30.6. The summed E-state index contributed by atoms with van der Waals surface area (Å²) in [4.78, 5) is 73.0. The molecule has 0 saturated carbocycles. The van der Waals surface area contributed by atoms with Crippen LogP contribution in [0, 0.1) is 0 Å². The first-order valence-corrected chi connectivity index (χ1v) is 43.6. The molecule has 0 aliphatic carbocycles. The molecule has 0 aliphatic heterocycles. The van der Waals surface area contributed by atoms with Crippen LogP contribution in [0.1, 0.15) is 400 Å². The molecule has 0 aromatic heterocycles. The zero-order chi connectivity index (χ0) is 71.8. The largest absolute Gasteiger partial charge is 0.472 e. The molecule has 98 heavy (non-hydrogen) atoms. The van der Waals surface area contributed by atoms with Crippen LogP contribution in [0.4, 0.5) is 0 Å². The van der Waals surface area contributed by atoms with Crippen molar-refractivity contribution in [3.8, 4) is 0 Å². The van der Waals surface area contributed by atoms with Gasteiger partial charge in [-0.05, 0) is 77.0 Å². The highest BCUT2D eigenvalue weighted by Crippen LogP contribution is 2.45. The third-order valence-electron chi connectivity index (χ3n) is 17.9. The summed E-state index contributed by atoms with van der Waals surface area (Å²) in [5, 5.41) is 10.6. The van der Waals surface area contributed by atoms with Gasteiger partial charge in [-0.25, -0.2) is 9.13 Å². The monoisotopic (exact) mass is 1430 g/mol. The molecule has 0 amide bonds. The van der Waals surface area contributed by atoms with Gasteiger partial charge < -0.3 is 33.8 Å². The lowest BCUT2D eigenvalue weighted by atomic mass is 10.0. The number of unbranched alkanes of at least 4 members (excludes halogenated alkanes) is 48. The van der Waals surface area contributed by atoms with E-state index in [2.05, 4.69) is 52.0 Å². The lowest BCUT2D eigenvalue weighted by Crippen LogP contribution is -2.30. The predicted molar refractivity (Wildman–Crippen MR) is 400 cm³/mol. The second kappa shape index (κ2) is 72.9. The van der Waals surface area contributed by atoms with Crippen molar-refractivity contribution in [2.75, 3.05) is 39.6 Å². The number of allylic oxidation sites excluding steroid dienone is 4. The molecule has 0 bridgehead atoms. The van der Waals surface area contributed by atoms with E-state index in [0.717, 1.165) is 122 Å². The SMILES string of the molecule is CCCCCC/C=C\CCCCCCCCCC(=O)OC[C@H](COP(=O)(O)OC[C@@H](O)COP(=O)(O)OC[C@@H](COC(=O)CCCCCCCCCCCCCCCCC)OC(=O)CCCCCCCCCCCCCCCCC)OC(=O)CCCCCCC/C=C\CCCCCC. The van der Waals surface area contributed by atoms with E-state index in [-0.39, 0.29) is 25.7 Å². The molecule has 0 saturated heterocycles. The number of hydrogen-bond donors (Lipinski definition) is 3. The lowest BCUT2D eigenvalue weighted by molar-refractivity contribution is -0.161. The number of carbonyl (C=O) groups is 4. The van der Waals surface area contributed by atoms with Crippen LogP contribution in [0.2, 0.25) is 0 Å². The maximum Gasteiger partial charge on any atom is 0.472 e. The quantitative estimate of drug-likeness (QED) is 0.0169. The first-order chi connectivity index (χ1) is 47.7. The third kappa shape index (κ3) is 71.9. The van der Waals surface area contributed by atoms with Crippen molar-refractivity contribution in [3.05, 3.63) is 24.3 Å². The number of aliphatic hydroxyl groups excluding tert-OH is 1. The molecule has 0 aromatic rings. The maximum atomic E-state index is 13.1. The summed E-state index contributed by atoms with van der Waals surface area (Å²) in [5.41, 5.74) is 0. The van der Waals surface area contributed by atoms with Crippen molar-refractivity contribution in [2.24, 2.45) is 0 Å². The summed E-state index contributed by atoms with van der Waals surface area (Å²) < 4.78 is 68.6. The Morgan fingerprint density at radius 1 is 0.276 bits per heavy atom. The topological polar surface area (TPSA) is 237 Å². The molecule has 0 heterocycles. The van der Waals surface area contributed by atoms with Crippen LogP contribution in [0.5, 0.6) is 0 Å². The van der Waals surface area contributed by atoms with Crippen LogP contribution in [0.25, 0.3) is 0 Å². The first-order valence-electron chi connectivity index (χ1n) is 40.6. The van der Waals surface area contributed by atoms with Gasteiger partial charge in [-0.1, -0.05) is 322 Å². The second-order valence-electron chi connectivity index (χ2n) is 27.7. The molecule has 5 atom stereocenters. The summed E-state index contributed by atoms with van der Waals surface area (Å²) in [7, 11) is -9.93. The number of carbonyl (C=O) groups excluding carboxylic acids is 4. The maximum absolute atomic E-state index is 13.1. The summed E-state index contributed by atoms with van der Waals surface area (Å²) in [6, 6.07) is 0. The van der Waals surface area contributed by atoms with Crippen LogP contribution in [-0.2, 0) is 65.4 Å². The lowest BCUT2D eigenvalue weighted by Gasteiger charge is -2.21. The minimum Gasteiger partial charge on any atom is -0.462 e. The average Bonchev–Trinajstić information content (AvgIpc) is 0.959. The Bertz CT molecular complexity index is 1950. The van der Waals surface area contributed by atoms with Gasteiger partial charge in [0, 0.05) is 25.7 Å². The van der Waals surface area contributed by atoms with Gasteiger partial charge in [-0.2, -0.15) is 0 Å². The molecule has 0 spiro atoms. The predicted octanol–water partition coefficient (Wildman–Crippen LogP) is 23.3. The van der Waals surface area contributed by atoms with E-state index in [1.807, 2.05) is 0 Å². The fourth-order valence-corrected chi connectivity index (χ4v) is 13.3. The van der Waals surface area contributed by atoms with E-state index in [0.29, 0.717) is 25.7 Å². The molecular formula is C79H150O17P2. The Morgan fingerprint density at radius 3 is 0.714 bits per heavy atom. The third-order valence-corrected chi connectivity index (χ3v) is 19.8. The van der Waals surface area contributed by atoms with Gasteiger partial charge in [0.1, 0.15) is 19.3 Å². The molecule has 3 N–H and O–H groups in total. The van der Waals surface area contributed by atoms with Crippen LogP contribution in [-0.4, -0.2) is 96.7 Å². The number of ether oxygens (including phenoxy) is 4. The molecule has 17 nitrogen and oxygen atoms in total. The van der Waals surface area contributed by atoms with Gasteiger partial charge in [0.2, 0.25) is 0 Å². The fourth-order valence-electron chi connectivity index (χ4n) is 11.7. The van der Waals surface area contributed by atoms with Crippen LogP contribution < -0.4 is 0 Å². The number of esters is 4. The Balaban J connectivity index is 5.29. The number of aliphatic hydroxyl groups is 1. The summed E-state index contributed by atoms with van der Waals surface area (Å²) in [5.74, 6) is -2.14. The van der Waals surface area contributed by atoms with Gasteiger partial charge in [0.25, 0.3) is 0 Å². The van der Waals surface area contributed by atoms with Gasteiger partial charge in [0.15, 0.2) is 12.2 Å². The molecule has 0 fully saturated rings. The summed E-state index contributed by atoms with van der Waals surface area (Å²) in [6.45, 7) is 4.95. The highest BCUT2D eigenvalue weighted by atomic mass is 31.2. The molecular weight excluding hydrogens is 1280 g/mol. The van der Waals surface area contributed by atoms with E-state index in [1.165, 1.54) is 199 Å². The highest BCUT2D eigenvalue weighted by molar-refractivity contribution is 7.47. The fraction of sp³-hybridized carbons (Fsp3) is 0.899. The minimum absolute atomic E-state index is 0.0916. The van der Waals surface area contributed by atoms with E-state index in [1.54, 1.807) is 0 Å². The zero-order valence-electron chi connectivity index (χ0n) is 63.2. The average molecular weight is 1430 g/mol. The highest BCUT2D eigenvalue weighted by Gasteiger charge is 2.30. The van der Waals surface area contributed by atoms with Crippen LogP contribution in [0.15, 0.2) is 24.3 Å². The van der Waals surface area contributed by atoms with Gasteiger partial charge in [-0.15, -0.1) is 0 Å². The van der Waals surface area contributed by atoms with Gasteiger partial charge >= 0.3 is 39.5 Å². The smallest absolute Gasteiger partial charge is 0.462 e. The van der Waals surface area contributed by atoms with Crippen molar-refractivity contribution in [1.82, 2.24) is 0 Å². The van der Waals surface area contributed by atoms with Crippen LogP contribution in [0.3, 0.4) is 0 Å². The van der Waals surface area contributed by atoms with Crippen LogP contribution >= 0.6 is 15.6 Å². The summed E-state index contributed by atoms with van der Waals surface area (Å²) in [6.07, 6.45) is 67.2. The van der Waals surface area contributed by atoms with Crippen molar-refractivity contribution in [1.29, 1.82) is 0 Å². The normalized spacial score (nSPS) is 14.0. The molecule has 2 unspecified atom stereocenters. The van der Waals surface area contributed by atoms with Gasteiger partial charge in [-0.3, -0.25) is 37.3 Å². The van der Waals surface area contributed by atoms with Crippen molar-refractivity contribution in [2.45, 2.75) is 418 Å². The van der Waals surface area contributed by atoms with Gasteiger partial charge in [0.05, 0.1) is 26.4 Å². The van der Waals surface area contributed by atoms with E-state index in [4.69, 9.17) is 37.0 Å². The number of rotatable bonds is 78. The van der Waals surface area contributed by atoms with E-state index < -0.39 is 97.5 Å². The Hall–Kier alpha value is -2.46.